The van der Waals surface area contributed by atoms with E-state index in [1.165, 1.54) is 32.6 Å². The monoisotopic (exact) mass is 375 g/mol. The summed E-state index contributed by atoms with van der Waals surface area (Å²) in [7, 11) is 2.97. The minimum atomic E-state index is -0.419. The first-order valence-corrected chi connectivity index (χ1v) is 8.13. The summed E-state index contributed by atoms with van der Waals surface area (Å²) >= 11 is 0. The SMILES string of the molecule is COc1ccc(C(=O)NCC(=O)NCCNC(=O)c2ccco2)cc1OC. The molecule has 3 N–H and O–H groups in total. The number of ether oxygens (including phenoxy) is 2. The Labute approximate surface area is 156 Å². The van der Waals surface area contributed by atoms with E-state index in [1.807, 2.05) is 0 Å². The molecule has 0 atom stereocenters. The lowest BCUT2D eigenvalue weighted by molar-refractivity contribution is -0.120. The lowest BCUT2D eigenvalue weighted by Gasteiger charge is -2.10. The van der Waals surface area contributed by atoms with Crippen molar-refractivity contribution in [1.82, 2.24) is 16.0 Å². The van der Waals surface area contributed by atoms with Gasteiger partial charge < -0.3 is 29.8 Å². The van der Waals surface area contributed by atoms with E-state index in [4.69, 9.17) is 13.9 Å². The summed E-state index contributed by atoms with van der Waals surface area (Å²) in [4.78, 5) is 35.5. The van der Waals surface area contributed by atoms with Crippen LogP contribution in [-0.2, 0) is 4.79 Å². The van der Waals surface area contributed by atoms with Crippen LogP contribution in [0.15, 0.2) is 41.0 Å². The summed E-state index contributed by atoms with van der Waals surface area (Å²) in [6, 6.07) is 7.85. The van der Waals surface area contributed by atoms with Crippen molar-refractivity contribution in [2.45, 2.75) is 0 Å². The highest BCUT2D eigenvalue weighted by molar-refractivity contribution is 5.97. The largest absolute Gasteiger partial charge is 0.493 e. The van der Waals surface area contributed by atoms with E-state index in [1.54, 1.807) is 18.2 Å². The zero-order chi connectivity index (χ0) is 19.6. The van der Waals surface area contributed by atoms with Crippen molar-refractivity contribution in [1.29, 1.82) is 0 Å². The van der Waals surface area contributed by atoms with Gasteiger partial charge in [-0.25, -0.2) is 0 Å². The topological polar surface area (TPSA) is 119 Å². The molecule has 0 radical (unpaired) electrons. The van der Waals surface area contributed by atoms with E-state index in [2.05, 4.69) is 16.0 Å². The normalized spacial score (nSPS) is 10.0. The van der Waals surface area contributed by atoms with Crippen molar-refractivity contribution in [3.8, 4) is 11.5 Å². The number of hydrogen-bond acceptors (Lipinski definition) is 6. The van der Waals surface area contributed by atoms with Crippen molar-refractivity contribution in [2.75, 3.05) is 33.9 Å². The van der Waals surface area contributed by atoms with Gasteiger partial charge in [0.25, 0.3) is 11.8 Å². The summed E-state index contributed by atoms with van der Waals surface area (Å²) in [6.07, 6.45) is 1.40. The molecular formula is C18H21N3O6. The third-order valence-corrected chi connectivity index (χ3v) is 3.53. The lowest BCUT2D eigenvalue weighted by atomic mass is 10.2. The number of benzene rings is 1. The smallest absolute Gasteiger partial charge is 0.287 e. The zero-order valence-electron chi connectivity index (χ0n) is 15.0. The standard InChI is InChI=1S/C18H21N3O6/c1-25-13-6-5-12(10-15(13)26-2)17(23)21-11-16(22)19-7-8-20-18(24)14-4-3-9-27-14/h3-6,9-10H,7-8,11H2,1-2H3,(H,19,22)(H,20,24)(H,21,23). The fourth-order valence-electron chi connectivity index (χ4n) is 2.18. The number of carbonyl (C=O) groups is 3. The highest BCUT2D eigenvalue weighted by atomic mass is 16.5. The van der Waals surface area contributed by atoms with Gasteiger partial charge in [-0.15, -0.1) is 0 Å². The van der Waals surface area contributed by atoms with E-state index in [0.717, 1.165) is 0 Å². The molecule has 0 aliphatic carbocycles. The summed E-state index contributed by atoms with van der Waals surface area (Å²) < 4.78 is 15.2. The van der Waals surface area contributed by atoms with E-state index in [9.17, 15) is 14.4 Å². The second-order valence-corrected chi connectivity index (χ2v) is 5.34. The third kappa shape index (κ3) is 5.77. The van der Waals surface area contributed by atoms with Crippen LogP contribution in [0.2, 0.25) is 0 Å². The number of carbonyl (C=O) groups excluding carboxylic acids is 3. The van der Waals surface area contributed by atoms with Gasteiger partial charge in [0, 0.05) is 18.7 Å². The quantitative estimate of drug-likeness (QED) is 0.552. The molecule has 0 aliphatic rings. The van der Waals surface area contributed by atoms with Crippen molar-refractivity contribution in [3.63, 3.8) is 0 Å². The minimum absolute atomic E-state index is 0.195. The van der Waals surface area contributed by atoms with Crippen molar-refractivity contribution < 1.29 is 28.3 Å². The number of hydrogen-bond donors (Lipinski definition) is 3. The first-order chi connectivity index (χ1) is 13.0. The molecule has 2 rings (SSSR count). The number of rotatable bonds is 9. The van der Waals surface area contributed by atoms with Crippen molar-refractivity contribution >= 4 is 17.7 Å². The van der Waals surface area contributed by atoms with Gasteiger partial charge in [-0.05, 0) is 30.3 Å². The van der Waals surface area contributed by atoms with Crippen LogP contribution < -0.4 is 25.4 Å². The molecule has 0 spiro atoms. The highest BCUT2D eigenvalue weighted by Crippen LogP contribution is 2.27. The molecule has 9 heteroatoms. The molecule has 0 aliphatic heterocycles. The van der Waals surface area contributed by atoms with E-state index in [-0.39, 0.29) is 37.2 Å². The molecule has 1 aromatic heterocycles. The maximum Gasteiger partial charge on any atom is 0.287 e. The van der Waals surface area contributed by atoms with Crippen LogP contribution in [0.1, 0.15) is 20.9 Å². The Balaban J connectivity index is 1.70. The maximum atomic E-state index is 12.1. The van der Waals surface area contributed by atoms with Gasteiger partial charge in [0.15, 0.2) is 17.3 Å². The summed E-state index contributed by atoms with van der Waals surface area (Å²) in [6.45, 7) is 0.256. The molecule has 0 fully saturated rings. The molecular weight excluding hydrogens is 354 g/mol. The Morgan fingerprint density at radius 2 is 1.67 bits per heavy atom. The molecule has 0 saturated heterocycles. The predicted octanol–water partition coefficient (Wildman–Crippen LogP) is 0.573. The molecule has 3 amide bonds. The molecule has 1 aromatic carbocycles. The fourth-order valence-corrected chi connectivity index (χ4v) is 2.18. The predicted molar refractivity (Wildman–Crippen MR) is 95.9 cm³/mol. The number of methoxy groups -OCH3 is 2. The molecule has 144 valence electrons. The van der Waals surface area contributed by atoms with Gasteiger partial charge in [-0.1, -0.05) is 0 Å². The van der Waals surface area contributed by atoms with E-state index < -0.39 is 5.91 Å². The number of furan rings is 1. The van der Waals surface area contributed by atoms with Gasteiger partial charge in [0.1, 0.15) is 0 Å². The highest BCUT2D eigenvalue weighted by Gasteiger charge is 2.12. The van der Waals surface area contributed by atoms with Crippen LogP contribution in [0.5, 0.6) is 11.5 Å². The molecule has 2 aromatic rings. The summed E-state index contributed by atoms with van der Waals surface area (Å²) in [5.74, 6) is -0.0434. The Morgan fingerprint density at radius 1 is 0.926 bits per heavy atom. The van der Waals surface area contributed by atoms with Crippen molar-refractivity contribution in [2.24, 2.45) is 0 Å². The summed E-state index contributed by atoms with van der Waals surface area (Å²) in [5.41, 5.74) is 0.339. The molecule has 9 nitrogen and oxygen atoms in total. The van der Waals surface area contributed by atoms with Crippen LogP contribution >= 0.6 is 0 Å². The molecule has 0 unspecified atom stereocenters. The third-order valence-electron chi connectivity index (χ3n) is 3.53. The van der Waals surface area contributed by atoms with E-state index in [0.29, 0.717) is 17.1 Å². The minimum Gasteiger partial charge on any atom is -0.493 e. The molecule has 0 bridgehead atoms. The van der Waals surface area contributed by atoms with E-state index >= 15 is 0 Å². The van der Waals surface area contributed by atoms with Gasteiger partial charge in [-0.2, -0.15) is 0 Å². The van der Waals surface area contributed by atoms with Gasteiger partial charge >= 0.3 is 0 Å². The number of amides is 3. The molecule has 27 heavy (non-hydrogen) atoms. The average Bonchev–Trinajstić information content (AvgIpc) is 3.23. The van der Waals surface area contributed by atoms with Gasteiger partial charge in [0.2, 0.25) is 5.91 Å². The van der Waals surface area contributed by atoms with Crippen LogP contribution in [0, 0.1) is 0 Å². The Morgan fingerprint density at radius 3 is 2.33 bits per heavy atom. The summed E-state index contributed by atoms with van der Waals surface area (Å²) in [5, 5.41) is 7.69. The Kier molecular flexibility index (Phi) is 7.24. The molecule has 0 saturated carbocycles. The fraction of sp³-hybridized carbons (Fsp3) is 0.278. The number of nitrogens with one attached hydrogen (secondary N) is 3. The van der Waals surface area contributed by atoms with Gasteiger partial charge in [0.05, 0.1) is 27.0 Å². The first-order valence-electron chi connectivity index (χ1n) is 8.13. The van der Waals surface area contributed by atoms with Gasteiger partial charge in [-0.3, -0.25) is 14.4 Å². The second kappa shape index (κ2) is 9.85. The van der Waals surface area contributed by atoms with Crippen LogP contribution in [0.3, 0.4) is 0 Å². The molecule has 1 heterocycles. The average molecular weight is 375 g/mol. The van der Waals surface area contributed by atoms with Crippen LogP contribution in [0.25, 0.3) is 0 Å². The zero-order valence-corrected chi connectivity index (χ0v) is 15.0. The van der Waals surface area contributed by atoms with Crippen LogP contribution in [0.4, 0.5) is 0 Å². The maximum absolute atomic E-state index is 12.1. The second-order valence-electron chi connectivity index (χ2n) is 5.34. The Hall–Kier alpha value is -3.49. The first kappa shape index (κ1) is 19.8. The lowest BCUT2D eigenvalue weighted by Crippen LogP contribution is -2.40. The van der Waals surface area contributed by atoms with Crippen molar-refractivity contribution in [3.05, 3.63) is 47.9 Å². The van der Waals surface area contributed by atoms with Crippen LogP contribution in [-0.4, -0.2) is 51.6 Å². The Bertz CT molecular complexity index is 788.